The van der Waals surface area contributed by atoms with Crippen molar-refractivity contribution in [2.45, 2.75) is 18.4 Å². The van der Waals surface area contributed by atoms with Gasteiger partial charge in [-0.05, 0) is 48.9 Å². The summed E-state index contributed by atoms with van der Waals surface area (Å²) in [5.41, 5.74) is 2.24. The zero-order valence-electron chi connectivity index (χ0n) is 18.7. The highest BCUT2D eigenvalue weighted by atomic mass is 32.2. The number of aryl methyl sites for hydroxylation is 1. The van der Waals surface area contributed by atoms with Crippen molar-refractivity contribution >= 4 is 27.4 Å². The normalized spacial score (nSPS) is 14.7. The van der Waals surface area contributed by atoms with Crippen LogP contribution < -0.4 is 9.62 Å². The molecule has 178 valence electrons. The summed E-state index contributed by atoms with van der Waals surface area (Å²) in [6.07, 6.45) is 0. The van der Waals surface area contributed by atoms with Crippen LogP contribution in [-0.4, -0.2) is 50.6 Å². The molecular formula is C25H26FN3O4S. The molecule has 9 heteroatoms. The molecule has 0 saturated carbocycles. The predicted molar refractivity (Wildman–Crippen MR) is 129 cm³/mol. The molecule has 0 aromatic heterocycles. The molecule has 3 aromatic rings. The summed E-state index contributed by atoms with van der Waals surface area (Å²) in [6, 6.07) is 17.6. The second kappa shape index (κ2) is 9.82. The number of hydrogen-bond acceptors (Lipinski definition) is 5. The number of halogens is 1. The minimum absolute atomic E-state index is 0.0103. The first-order chi connectivity index (χ1) is 16.2. The van der Waals surface area contributed by atoms with E-state index in [0.717, 1.165) is 5.56 Å². The predicted octanol–water partition coefficient (Wildman–Crippen LogP) is 3.96. The molecule has 0 aliphatic carbocycles. The number of anilines is 2. The van der Waals surface area contributed by atoms with E-state index < -0.39 is 16.0 Å². The van der Waals surface area contributed by atoms with Gasteiger partial charge in [0, 0.05) is 38.3 Å². The van der Waals surface area contributed by atoms with E-state index in [-0.39, 0.29) is 22.0 Å². The van der Waals surface area contributed by atoms with E-state index in [1.165, 1.54) is 24.3 Å². The van der Waals surface area contributed by atoms with Crippen molar-refractivity contribution in [3.63, 3.8) is 0 Å². The molecule has 0 radical (unpaired) electrons. The van der Waals surface area contributed by atoms with Crippen molar-refractivity contribution in [1.82, 2.24) is 4.90 Å². The average molecular weight is 484 g/mol. The fourth-order valence-electron chi connectivity index (χ4n) is 4.03. The van der Waals surface area contributed by atoms with Gasteiger partial charge in [-0.1, -0.05) is 30.3 Å². The number of nitrogens with one attached hydrogen (secondary N) is 1. The van der Waals surface area contributed by atoms with Gasteiger partial charge in [-0.2, -0.15) is 0 Å². The first-order valence-corrected chi connectivity index (χ1v) is 12.4. The van der Waals surface area contributed by atoms with Gasteiger partial charge in [0.1, 0.15) is 5.82 Å². The first kappa shape index (κ1) is 23.7. The number of nitrogens with zero attached hydrogens (tertiary/aromatic N) is 2. The number of carboxylic acid groups (broad SMARTS) is 1. The van der Waals surface area contributed by atoms with Crippen molar-refractivity contribution in [3.8, 4) is 0 Å². The van der Waals surface area contributed by atoms with Crippen molar-refractivity contribution in [2.24, 2.45) is 0 Å². The topological polar surface area (TPSA) is 89.9 Å². The monoisotopic (exact) mass is 483 g/mol. The fraction of sp³-hybridized carbons (Fsp3) is 0.240. The highest BCUT2D eigenvalue weighted by Gasteiger charge is 2.24. The third-order valence-electron chi connectivity index (χ3n) is 5.85. The molecule has 0 unspecified atom stereocenters. The van der Waals surface area contributed by atoms with Crippen LogP contribution in [-0.2, 0) is 16.6 Å². The second-order valence-electron chi connectivity index (χ2n) is 8.31. The molecule has 7 nitrogen and oxygen atoms in total. The van der Waals surface area contributed by atoms with Gasteiger partial charge in [-0.15, -0.1) is 0 Å². The summed E-state index contributed by atoms with van der Waals surface area (Å²) < 4.78 is 42.7. The number of sulfonamides is 1. The molecule has 3 aromatic carbocycles. The van der Waals surface area contributed by atoms with Crippen LogP contribution in [0.25, 0.3) is 0 Å². The summed E-state index contributed by atoms with van der Waals surface area (Å²) in [4.78, 5) is 15.8. The van der Waals surface area contributed by atoms with Crippen LogP contribution >= 0.6 is 0 Å². The van der Waals surface area contributed by atoms with Crippen molar-refractivity contribution < 1.29 is 22.7 Å². The van der Waals surface area contributed by atoms with E-state index >= 15 is 0 Å². The summed E-state index contributed by atoms with van der Waals surface area (Å²) in [6.45, 7) is 4.76. The Morgan fingerprint density at radius 2 is 1.74 bits per heavy atom. The minimum atomic E-state index is -3.92. The molecule has 1 fully saturated rings. The lowest BCUT2D eigenvalue weighted by Gasteiger charge is -2.37. The molecule has 2 N–H and O–H groups in total. The molecule has 4 rings (SSSR count). The molecule has 1 saturated heterocycles. The van der Waals surface area contributed by atoms with Crippen molar-refractivity contribution in [1.29, 1.82) is 0 Å². The Bertz CT molecular complexity index is 1310. The Morgan fingerprint density at radius 1 is 1.00 bits per heavy atom. The molecule has 34 heavy (non-hydrogen) atoms. The fourth-order valence-corrected chi connectivity index (χ4v) is 5.20. The number of benzene rings is 3. The third kappa shape index (κ3) is 5.37. The Hall–Kier alpha value is -3.43. The van der Waals surface area contributed by atoms with Gasteiger partial charge in [0.25, 0.3) is 10.0 Å². The maximum atomic E-state index is 14.0. The summed E-state index contributed by atoms with van der Waals surface area (Å²) in [5.74, 6) is -1.38. The number of hydrogen-bond donors (Lipinski definition) is 2. The Morgan fingerprint density at radius 3 is 2.41 bits per heavy atom. The van der Waals surface area contributed by atoms with Gasteiger partial charge in [0.2, 0.25) is 0 Å². The van der Waals surface area contributed by atoms with Crippen LogP contribution in [0.4, 0.5) is 15.8 Å². The Labute approximate surface area is 198 Å². The SMILES string of the molecule is Cc1cccc(S(=O)(=O)Nc2cc(C(=O)O)ccc2N2CCN(Cc3ccccc3F)CC2)c1. The standard InChI is InChI=1S/C25H26FN3O4S/c1-18-5-4-7-21(15-18)34(32,33)27-23-16-19(25(30)31)9-10-24(23)29-13-11-28(12-14-29)17-20-6-2-3-8-22(20)26/h2-10,15-16,27H,11-14,17H2,1H3,(H,30,31). The third-order valence-corrected chi connectivity index (χ3v) is 7.22. The van der Waals surface area contributed by atoms with Crippen LogP contribution in [0, 0.1) is 12.7 Å². The molecule has 0 spiro atoms. The maximum absolute atomic E-state index is 14.0. The van der Waals surface area contributed by atoms with E-state index in [4.69, 9.17) is 0 Å². The molecular weight excluding hydrogens is 457 g/mol. The molecule has 0 atom stereocenters. The van der Waals surface area contributed by atoms with Crippen molar-refractivity contribution in [3.05, 3.63) is 89.2 Å². The van der Waals surface area contributed by atoms with E-state index in [1.54, 1.807) is 43.3 Å². The zero-order chi connectivity index (χ0) is 24.3. The van der Waals surface area contributed by atoms with Gasteiger partial charge >= 0.3 is 5.97 Å². The molecule has 1 aliphatic rings. The van der Waals surface area contributed by atoms with Crippen LogP contribution in [0.1, 0.15) is 21.5 Å². The second-order valence-corrected chi connectivity index (χ2v) is 10.00. The lowest BCUT2D eigenvalue weighted by molar-refractivity contribution is 0.0697. The molecule has 1 aliphatic heterocycles. The molecule has 1 heterocycles. The lowest BCUT2D eigenvalue weighted by Crippen LogP contribution is -2.46. The first-order valence-electron chi connectivity index (χ1n) is 10.9. The average Bonchev–Trinajstić information content (AvgIpc) is 2.81. The van der Waals surface area contributed by atoms with E-state index in [1.807, 2.05) is 11.0 Å². The highest BCUT2D eigenvalue weighted by Crippen LogP contribution is 2.31. The van der Waals surface area contributed by atoms with Crippen molar-refractivity contribution in [2.75, 3.05) is 35.8 Å². The zero-order valence-corrected chi connectivity index (χ0v) is 19.6. The van der Waals surface area contributed by atoms with Gasteiger partial charge in [0.15, 0.2) is 0 Å². The Kier molecular flexibility index (Phi) is 6.85. The molecule has 0 bridgehead atoms. The van der Waals surface area contributed by atoms with E-state index in [2.05, 4.69) is 9.62 Å². The van der Waals surface area contributed by atoms with E-state index in [9.17, 15) is 22.7 Å². The largest absolute Gasteiger partial charge is 0.478 e. The number of carboxylic acids is 1. The molecule has 0 amide bonds. The van der Waals surface area contributed by atoms with Gasteiger partial charge in [-0.3, -0.25) is 9.62 Å². The summed E-state index contributed by atoms with van der Waals surface area (Å²) in [5, 5.41) is 9.43. The van der Waals surface area contributed by atoms with Gasteiger partial charge in [0.05, 0.1) is 21.8 Å². The van der Waals surface area contributed by atoms with Crippen LogP contribution in [0.5, 0.6) is 0 Å². The smallest absolute Gasteiger partial charge is 0.335 e. The quantitative estimate of drug-likeness (QED) is 0.529. The number of rotatable bonds is 7. The number of carbonyl (C=O) groups is 1. The van der Waals surface area contributed by atoms with Crippen LogP contribution in [0.2, 0.25) is 0 Å². The van der Waals surface area contributed by atoms with Gasteiger partial charge in [-0.25, -0.2) is 17.6 Å². The summed E-state index contributed by atoms with van der Waals surface area (Å²) >= 11 is 0. The highest BCUT2D eigenvalue weighted by molar-refractivity contribution is 7.92. The number of piperazine rings is 1. The minimum Gasteiger partial charge on any atom is -0.478 e. The Balaban J connectivity index is 1.55. The van der Waals surface area contributed by atoms with Crippen LogP contribution in [0.3, 0.4) is 0 Å². The maximum Gasteiger partial charge on any atom is 0.335 e. The van der Waals surface area contributed by atoms with E-state index in [0.29, 0.717) is 44.0 Å². The van der Waals surface area contributed by atoms with Gasteiger partial charge < -0.3 is 10.0 Å². The summed E-state index contributed by atoms with van der Waals surface area (Å²) in [7, 11) is -3.92. The van der Waals surface area contributed by atoms with Crippen LogP contribution in [0.15, 0.2) is 71.6 Å². The number of aromatic carboxylic acids is 1. The lowest BCUT2D eigenvalue weighted by atomic mass is 10.1.